The van der Waals surface area contributed by atoms with Crippen molar-refractivity contribution in [2.24, 2.45) is 5.73 Å². The minimum absolute atomic E-state index is 0.113. The van der Waals surface area contributed by atoms with E-state index in [1.54, 1.807) is 23.1 Å². The van der Waals surface area contributed by atoms with Gasteiger partial charge in [-0.2, -0.15) is 0 Å². The number of nitrogens with zero attached hydrogens (tertiary/aromatic N) is 2. The van der Waals surface area contributed by atoms with Crippen LogP contribution >= 0.6 is 11.6 Å². The van der Waals surface area contributed by atoms with E-state index in [2.05, 4.69) is 5.16 Å². The molecule has 2 N–H and O–H groups in total. The molecule has 1 aromatic carbocycles. The number of carbonyl (C=O) groups is 1. The molecule has 6 nitrogen and oxygen atoms in total. The fourth-order valence-electron chi connectivity index (χ4n) is 2.87. The summed E-state index contributed by atoms with van der Waals surface area (Å²) in [5.41, 5.74) is 6.58. The first-order valence-corrected chi connectivity index (χ1v) is 8.89. The molecule has 0 saturated carbocycles. The van der Waals surface area contributed by atoms with Gasteiger partial charge in [0.2, 0.25) is 0 Å². The Morgan fingerprint density at radius 3 is 2.88 bits per heavy atom. The molecule has 3 rings (SSSR count). The standard InChI is InChI=1S/C18H22ClN3O3/c19-14-4-1-3-13(11-14)17-12-16(21-25-17)18(23)22-8-5-15(6-9-22)24-10-2-7-20/h1,3-4,11-12,15H,2,5-10,20H2. The molecule has 0 bridgehead atoms. The third-order valence-corrected chi connectivity index (χ3v) is 4.50. The molecule has 134 valence electrons. The summed E-state index contributed by atoms with van der Waals surface area (Å²) < 4.78 is 11.1. The fourth-order valence-corrected chi connectivity index (χ4v) is 3.06. The van der Waals surface area contributed by atoms with Gasteiger partial charge in [0.05, 0.1) is 6.10 Å². The van der Waals surface area contributed by atoms with Gasteiger partial charge in [-0.1, -0.05) is 28.9 Å². The summed E-state index contributed by atoms with van der Waals surface area (Å²) in [4.78, 5) is 14.4. The molecule has 25 heavy (non-hydrogen) atoms. The number of carbonyl (C=O) groups excluding carboxylic acids is 1. The summed E-state index contributed by atoms with van der Waals surface area (Å²) in [5.74, 6) is 0.420. The highest BCUT2D eigenvalue weighted by atomic mass is 35.5. The summed E-state index contributed by atoms with van der Waals surface area (Å²) in [6.07, 6.45) is 2.73. The van der Waals surface area contributed by atoms with Crippen molar-refractivity contribution >= 4 is 17.5 Å². The average Bonchev–Trinajstić information content (AvgIpc) is 3.12. The summed E-state index contributed by atoms with van der Waals surface area (Å²) in [7, 11) is 0. The molecule has 1 amide bonds. The number of ether oxygens (including phenoxy) is 1. The number of hydrogen-bond donors (Lipinski definition) is 1. The van der Waals surface area contributed by atoms with Crippen LogP contribution in [0.4, 0.5) is 0 Å². The lowest BCUT2D eigenvalue weighted by atomic mass is 10.1. The Morgan fingerprint density at radius 2 is 2.16 bits per heavy atom. The number of piperidine rings is 1. The van der Waals surface area contributed by atoms with Gasteiger partial charge in [0, 0.05) is 36.3 Å². The van der Waals surface area contributed by atoms with Gasteiger partial charge in [-0.15, -0.1) is 0 Å². The topological polar surface area (TPSA) is 81.6 Å². The minimum atomic E-state index is -0.113. The van der Waals surface area contributed by atoms with E-state index < -0.39 is 0 Å². The van der Waals surface area contributed by atoms with E-state index in [4.69, 9.17) is 26.6 Å². The quantitative estimate of drug-likeness (QED) is 0.798. The molecule has 1 fully saturated rings. The molecule has 0 unspecified atom stereocenters. The molecule has 7 heteroatoms. The lowest BCUT2D eigenvalue weighted by Gasteiger charge is -2.31. The van der Waals surface area contributed by atoms with Crippen molar-refractivity contribution in [3.8, 4) is 11.3 Å². The molecule has 1 aliphatic heterocycles. The molecular weight excluding hydrogens is 342 g/mol. The van der Waals surface area contributed by atoms with Gasteiger partial charge < -0.3 is 19.9 Å². The molecule has 0 atom stereocenters. The van der Waals surface area contributed by atoms with Crippen molar-refractivity contribution in [1.29, 1.82) is 0 Å². The van der Waals surface area contributed by atoms with E-state index in [1.807, 2.05) is 12.1 Å². The van der Waals surface area contributed by atoms with Crippen molar-refractivity contribution in [3.63, 3.8) is 0 Å². The minimum Gasteiger partial charge on any atom is -0.378 e. The summed E-state index contributed by atoms with van der Waals surface area (Å²) in [6, 6.07) is 8.92. The van der Waals surface area contributed by atoms with E-state index in [0.29, 0.717) is 42.7 Å². The van der Waals surface area contributed by atoms with Crippen LogP contribution in [0.2, 0.25) is 5.02 Å². The second-order valence-corrected chi connectivity index (χ2v) is 6.53. The first-order valence-electron chi connectivity index (χ1n) is 8.51. The molecule has 0 aliphatic carbocycles. The predicted molar refractivity (Wildman–Crippen MR) is 95.5 cm³/mol. The Kier molecular flexibility index (Phi) is 6.07. The fraction of sp³-hybridized carbons (Fsp3) is 0.444. The first kappa shape index (κ1) is 17.9. The molecule has 1 aliphatic rings. The van der Waals surface area contributed by atoms with Gasteiger partial charge in [-0.25, -0.2) is 0 Å². The third-order valence-electron chi connectivity index (χ3n) is 4.27. The molecule has 0 spiro atoms. The average molecular weight is 364 g/mol. The Morgan fingerprint density at radius 1 is 1.36 bits per heavy atom. The van der Waals surface area contributed by atoms with E-state index in [9.17, 15) is 4.79 Å². The van der Waals surface area contributed by atoms with E-state index in [0.717, 1.165) is 24.8 Å². The van der Waals surface area contributed by atoms with Crippen molar-refractivity contribution in [3.05, 3.63) is 41.0 Å². The maximum Gasteiger partial charge on any atom is 0.276 e. The smallest absolute Gasteiger partial charge is 0.276 e. The van der Waals surface area contributed by atoms with E-state index >= 15 is 0 Å². The number of amides is 1. The number of benzene rings is 1. The summed E-state index contributed by atoms with van der Waals surface area (Å²) >= 11 is 5.99. The predicted octanol–water partition coefficient (Wildman–Crippen LogP) is 2.97. The van der Waals surface area contributed by atoms with Gasteiger partial charge in [-0.3, -0.25) is 4.79 Å². The molecule has 0 radical (unpaired) electrons. The summed E-state index contributed by atoms with van der Waals surface area (Å²) in [5, 5.41) is 4.53. The van der Waals surface area contributed by atoms with Gasteiger partial charge in [0.25, 0.3) is 5.91 Å². The van der Waals surface area contributed by atoms with Crippen molar-refractivity contribution in [2.45, 2.75) is 25.4 Å². The van der Waals surface area contributed by atoms with Crippen LogP contribution in [0, 0.1) is 0 Å². The maximum absolute atomic E-state index is 12.6. The second kappa shape index (κ2) is 8.47. The Balaban J connectivity index is 1.57. The molecular formula is C18H22ClN3O3. The van der Waals surface area contributed by atoms with E-state index in [1.165, 1.54) is 0 Å². The van der Waals surface area contributed by atoms with Crippen molar-refractivity contribution in [2.75, 3.05) is 26.2 Å². The second-order valence-electron chi connectivity index (χ2n) is 6.09. The maximum atomic E-state index is 12.6. The monoisotopic (exact) mass is 363 g/mol. The van der Waals surface area contributed by atoms with Crippen LogP contribution in [0.15, 0.2) is 34.9 Å². The van der Waals surface area contributed by atoms with Crippen molar-refractivity contribution < 1.29 is 14.1 Å². The Labute approximate surface area is 151 Å². The number of aromatic nitrogens is 1. The Bertz CT molecular complexity index is 711. The van der Waals surface area contributed by atoms with Crippen LogP contribution in [0.5, 0.6) is 0 Å². The van der Waals surface area contributed by atoms with Crippen LogP contribution in [0.3, 0.4) is 0 Å². The molecule has 1 aromatic heterocycles. The number of halogens is 1. The van der Waals surface area contributed by atoms with Crippen LogP contribution in [0.25, 0.3) is 11.3 Å². The highest BCUT2D eigenvalue weighted by Gasteiger charge is 2.26. The summed E-state index contributed by atoms with van der Waals surface area (Å²) in [6.45, 7) is 2.64. The Hall–Kier alpha value is -1.89. The normalized spacial score (nSPS) is 15.5. The number of likely N-dealkylation sites (tertiary alicyclic amines) is 1. The zero-order valence-electron chi connectivity index (χ0n) is 14.0. The SMILES string of the molecule is NCCCOC1CCN(C(=O)c2cc(-c3cccc(Cl)c3)on2)CC1. The molecule has 1 saturated heterocycles. The number of hydrogen-bond acceptors (Lipinski definition) is 5. The van der Waals surface area contributed by atoms with Crippen LogP contribution in [-0.2, 0) is 4.74 Å². The zero-order valence-corrected chi connectivity index (χ0v) is 14.7. The number of rotatable bonds is 6. The number of nitrogens with two attached hydrogens (primary N) is 1. The van der Waals surface area contributed by atoms with Gasteiger partial charge in [0.1, 0.15) is 0 Å². The van der Waals surface area contributed by atoms with Gasteiger partial charge >= 0.3 is 0 Å². The van der Waals surface area contributed by atoms with Gasteiger partial charge in [-0.05, 0) is 37.9 Å². The van der Waals surface area contributed by atoms with E-state index in [-0.39, 0.29) is 12.0 Å². The van der Waals surface area contributed by atoms with Gasteiger partial charge in [0.15, 0.2) is 11.5 Å². The first-order chi connectivity index (χ1) is 12.2. The third kappa shape index (κ3) is 4.60. The molecule has 2 aromatic rings. The van der Waals surface area contributed by atoms with Crippen LogP contribution < -0.4 is 5.73 Å². The largest absolute Gasteiger partial charge is 0.378 e. The molecule has 2 heterocycles. The van der Waals surface area contributed by atoms with Crippen LogP contribution in [-0.4, -0.2) is 48.3 Å². The van der Waals surface area contributed by atoms with Crippen LogP contribution in [0.1, 0.15) is 29.8 Å². The lowest BCUT2D eigenvalue weighted by Crippen LogP contribution is -2.41. The van der Waals surface area contributed by atoms with Crippen molar-refractivity contribution in [1.82, 2.24) is 10.1 Å². The lowest BCUT2D eigenvalue weighted by molar-refractivity contribution is 0.00820. The highest BCUT2D eigenvalue weighted by molar-refractivity contribution is 6.30. The highest BCUT2D eigenvalue weighted by Crippen LogP contribution is 2.24. The zero-order chi connectivity index (χ0) is 17.6.